The van der Waals surface area contributed by atoms with Gasteiger partial charge >= 0.3 is 5.69 Å². The highest BCUT2D eigenvalue weighted by Gasteiger charge is 2.20. The Labute approximate surface area is 121 Å². The van der Waals surface area contributed by atoms with Gasteiger partial charge in [0.25, 0.3) is 0 Å². The van der Waals surface area contributed by atoms with E-state index in [0.717, 1.165) is 6.07 Å². The first-order valence-electron chi connectivity index (χ1n) is 5.29. The lowest BCUT2D eigenvalue weighted by molar-refractivity contribution is -0.387. The first-order valence-corrected chi connectivity index (χ1v) is 5.67. The second kappa shape index (κ2) is 5.68. The molecule has 0 aliphatic heterocycles. The van der Waals surface area contributed by atoms with Gasteiger partial charge in [-0.05, 0) is 6.07 Å². The molecule has 0 fully saturated rings. The molecule has 9 heteroatoms. The molecule has 1 heterocycles. The Morgan fingerprint density at radius 3 is 2.62 bits per heavy atom. The molecule has 0 spiro atoms. The molecule has 0 aliphatic rings. The molecule has 0 radical (unpaired) electrons. The highest BCUT2D eigenvalue weighted by Crippen LogP contribution is 2.30. The van der Waals surface area contributed by atoms with Crippen LogP contribution in [0.25, 0.3) is 0 Å². The topological polar surface area (TPSA) is 89.0 Å². The number of nitro groups is 1. The van der Waals surface area contributed by atoms with Crippen molar-refractivity contribution in [1.29, 1.82) is 5.26 Å². The summed E-state index contributed by atoms with van der Waals surface area (Å²) < 4.78 is 32.0. The summed E-state index contributed by atoms with van der Waals surface area (Å²) in [6.45, 7) is 0. The molecule has 0 amide bonds. The van der Waals surface area contributed by atoms with Crippen LogP contribution in [0, 0.1) is 33.1 Å². The molecule has 2 aromatic rings. The fourth-order valence-electron chi connectivity index (χ4n) is 1.44. The smallest absolute Gasteiger partial charge is 0.307 e. The Balaban J connectivity index is 2.41. The summed E-state index contributed by atoms with van der Waals surface area (Å²) in [5, 5.41) is 19.1. The van der Waals surface area contributed by atoms with Crippen LogP contribution in [-0.2, 0) is 0 Å². The Morgan fingerprint density at radius 1 is 1.29 bits per heavy atom. The molecule has 0 aliphatic carbocycles. The summed E-state index contributed by atoms with van der Waals surface area (Å²) in [5.41, 5.74) is -0.913. The van der Waals surface area contributed by atoms with Crippen LogP contribution in [0.4, 0.5) is 14.5 Å². The van der Waals surface area contributed by atoms with Crippen molar-refractivity contribution in [2.75, 3.05) is 0 Å². The van der Waals surface area contributed by atoms with Gasteiger partial charge in [0.1, 0.15) is 5.15 Å². The molecule has 21 heavy (non-hydrogen) atoms. The van der Waals surface area contributed by atoms with Gasteiger partial charge in [0.2, 0.25) is 11.7 Å². The molecule has 2 rings (SSSR count). The van der Waals surface area contributed by atoms with E-state index in [-0.39, 0.29) is 16.6 Å². The number of nitro benzene ring substituents is 1. The molecule has 0 bridgehead atoms. The molecule has 0 N–H and O–H groups in total. The quantitative estimate of drug-likeness (QED) is 0.491. The van der Waals surface area contributed by atoms with Gasteiger partial charge in [-0.15, -0.1) is 0 Å². The SMILES string of the molecule is N#Cc1cc(Cl)nc(Oc2cc(F)c([N+](=O)[O-])cc2F)c1. The average Bonchev–Trinajstić information content (AvgIpc) is 2.41. The van der Waals surface area contributed by atoms with Crippen LogP contribution in [0.3, 0.4) is 0 Å². The van der Waals surface area contributed by atoms with E-state index in [2.05, 4.69) is 4.98 Å². The zero-order valence-electron chi connectivity index (χ0n) is 10.0. The van der Waals surface area contributed by atoms with E-state index >= 15 is 0 Å². The number of nitrogens with zero attached hydrogens (tertiary/aromatic N) is 3. The minimum Gasteiger partial charge on any atom is -0.436 e. The lowest BCUT2D eigenvalue weighted by Gasteiger charge is -2.07. The van der Waals surface area contributed by atoms with Crippen LogP contribution >= 0.6 is 11.6 Å². The van der Waals surface area contributed by atoms with Gasteiger partial charge in [-0.25, -0.2) is 9.37 Å². The predicted molar refractivity (Wildman–Crippen MR) is 67.0 cm³/mol. The summed E-state index contributed by atoms with van der Waals surface area (Å²) in [6, 6.07) is 5.10. The van der Waals surface area contributed by atoms with E-state index in [1.54, 1.807) is 6.07 Å². The summed E-state index contributed by atoms with van der Waals surface area (Å²) in [4.78, 5) is 13.1. The van der Waals surface area contributed by atoms with Crippen molar-refractivity contribution in [1.82, 2.24) is 4.98 Å². The number of nitriles is 1. The minimum atomic E-state index is -1.26. The zero-order chi connectivity index (χ0) is 15.6. The van der Waals surface area contributed by atoms with Gasteiger partial charge in [0.05, 0.1) is 22.6 Å². The number of rotatable bonds is 3. The van der Waals surface area contributed by atoms with E-state index in [9.17, 15) is 18.9 Å². The highest BCUT2D eigenvalue weighted by atomic mass is 35.5. The maximum atomic E-state index is 13.6. The Kier molecular flexibility index (Phi) is 3.95. The van der Waals surface area contributed by atoms with Crippen molar-refractivity contribution in [2.45, 2.75) is 0 Å². The first-order chi connectivity index (χ1) is 9.90. The van der Waals surface area contributed by atoms with Gasteiger partial charge in [-0.1, -0.05) is 11.6 Å². The standard InChI is InChI=1S/C12H4ClF2N3O3/c13-11-1-6(5-16)2-12(17-11)21-10-4-7(14)9(18(19)20)3-8(10)15/h1-4H. The van der Waals surface area contributed by atoms with E-state index in [1.807, 2.05) is 0 Å². The van der Waals surface area contributed by atoms with Crippen molar-refractivity contribution in [2.24, 2.45) is 0 Å². The summed E-state index contributed by atoms with van der Waals surface area (Å²) in [5.74, 6) is -3.27. The predicted octanol–water partition coefficient (Wildman–Crippen LogP) is 3.59. The summed E-state index contributed by atoms with van der Waals surface area (Å²) >= 11 is 5.63. The molecular weight excluding hydrogens is 308 g/mol. The van der Waals surface area contributed by atoms with Crippen LogP contribution in [0.15, 0.2) is 24.3 Å². The molecule has 0 atom stereocenters. The molecule has 106 valence electrons. The second-order valence-corrected chi connectivity index (χ2v) is 4.11. The monoisotopic (exact) mass is 311 g/mol. The Hall–Kier alpha value is -2.79. The normalized spacial score (nSPS) is 10.0. The van der Waals surface area contributed by atoms with Crippen molar-refractivity contribution >= 4 is 17.3 Å². The number of hydrogen-bond acceptors (Lipinski definition) is 5. The van der Waals surface area contributed by atoms with Crippen LogP contribution < -0.4 is 4.74 Å². The summed E-state index contributed by atoms with van der Waals surface area (Å²) in [6.07, 6.45) is 0. The number of benzene rings is 1. The van der Waals surface area contributed by atoms with Gasteiger partial charge in [0.15, 0.2) is 11.6 Å². The molecule has 1 aromatic carbocycles. The van der Waals surface area contributed by atoms with Crippen LogP contribution in [0.5, 0.6) is 11.6 Å². The number of pyridine rings is 1. The Morgan fingerprint density at radius 2 is 2.00 bits per heavy atom. The van der Waals surface area contributed by atoms with Gasteiger partial charge in [-0.2, -0.15) is 9.65 Å². The van der Waals surface area contributed by atoms with Crippen LogP contribution in [0.2, 0.25) is 5.15 Å². The second-order valence-electron chi connectivity index (χ2n) is 3.72. The van der Waals surface area contributed by atoms with Gasteiger partial charge < -0.3 is 4.74 Å². The average molecular weight is 312 g/mol. The molecule has 0 unspecified atom stereocenters. The minimum absolute atomic E-state index is 0.0770. The third-order valence-electron chi connectivity index (χ3n) is 2.31. The highest BCUT2D eigenvalue weighted by molar-refractivity contribution is 6.29. The molecule has 6 nitrogen and oxygen atoms in total. The molecule has 0 saturated carbocycles. The van der Waals surface area contributed by atoms with Crippen molar-refractivity contribution in [3.05, 3.63) is 56.7 Å². The van der Waals surface area contributed by atoms with E-state index in [0.29, 0.717) is 12.1 Å². The molecule has 1 aromatic heterocycles. The Bertz CT molecular complexity index is 777. The number of ether oxygens (including phenoxy) is 1. The van der Waals surface area contributed by atoms with Crippen molar-refractivity contribution in [3.63, 3.8) is 0 Å². The fraction of sp³-hybridized carbons (Fsp3) is 0. The lowest BCUT2D eigenvalue weighted by Crippen LogP contribution is -1.97. The van der Waals surface area contributed by atoms with Crippen molar-refractivity contribution in [3.8, 4) is 17.7 Å². The van der Waals surface area contributed by atoms with Crippen molar-refractivity contribution < 1.29 is 18.4 Å². The van der Waals surface area contributed by atoms with Crippen LogP contribution in [-0.4, -0.2) is 9.91 Å². The van der Waals surface area contributed by atoms with Gasteiger partial charge in [-0.3, -0.25) is 10.1 Å². The molecular formula is C12H4ClF2N3O3. The third-order valence-corrected chi connectivity index (χ3v) is 2.51. The third kappa shape index (κ3) is 3.21. The number of halogens is 3. The maximum absolute atomic E-state index is 13.6. The first kappa shape index (κ1) is 14.6. The lowest BCUT2D eigenvalue weighted by atomic mass is 10.2. The molecule has 0 saturated heterocycles. The van der Waals surface area contributed by atoms with Crippen LogP contribution in [0.1, 0.15) is 5.56 Å². The number of aromatic nitrogens is 1. The largest absolute Gasteiger partial charge is 0.436 e. The summed E-state index contributed by atoms with van der Waals surface area (Å²) in [7, 11) is 0. The number of hydrogen-bond donors (Lipinski definition) is 0. The maximum Gasteiger partial charge on any atom is 0.307 e. The zero-order valence-corrected chi connectivity index (χ0v) is 10.8. The van der Waals surface area contributed by atoms with E-state index < -0.39 is 28.0 Å². The van der Waals surface area contributed by atoms with E-state index in [4.69, 9.17) is 21.6 Å². The van der Waals surface area contributed by atoms with Gasteiger partial charge in [0, 0.05) is 12.1 Å². The fourth-order valence-corrected chi connectivity index (χ4v) is 1.64. The van der Waals surface area contributed by atoms with E-state index in [1.165, 1.54) is 6.07 Å².